The molecule has 0 amide bonds. The van der Waals surface area contributed by atoms with E-state index in [2.05, 4.69) is 130 Å². The van der Waals surface area contributed by atoms with Crippen LogP contribution in [-0.4, -0.2) is 22.7 Å². The highest BCUT2D eigenvalue weighted by atomic mass is 15.4. The summed E-state index contributed by atoms with van der Waals surface area (Å²) in [6.45, 7) is 13.7. The summed E-state index contributed by atoms with van der Waals surface area (Å²) in [4.78, 5) is 4.64. The van der Waals surface area contributed by atoms with Gasteiger partial charge in [0.2, 0.25) is 0 Å². The summed E-state index contributed by atoms with van der Waals surface area (Å²) >= 11 is 0. The van der Waals surface area contributed by atoms with Gasteiger partial charge in [0, 0.05) is 25.6 Å². The highest BCUT2D eigenvalue weighted by Crippen LogP contribution is 2.40. The van der Waals surface area contributed by atoms with E-state index in [1.54, 1.807) is 0 Å². The Kier molecular flexibility index (Phi) is 5.70. The minimum atomic E-state index is 0.293. The van der Waals surface area contributed by atoms with Gasteiger partial charge in [0.15, 0.2) is 0 Å². The van der Waals surface area contributed by atoms with Crippen LogP contribution in [0.25, 0.3) is 16.8 Å². The molecule has 0 bridgehead atoms. The van der Waals surface area contributed by atoms with Gasteiger partial charge in [0.25, 0.3) is 0 Å². The molecule has 31 heavy (non-hydrogen) atoms. The first-order valence-electron chi connectivity index (χ1n) is 11.4. The summed E-state index contributed by atoms with van der Waals surface area (Å²) in [5.74, 6) is 2.09. The van der Waals surface area contributed by atoms with Crippen LogP contribution in [0.3, 0.4) is 0 Å². The molecule has 0 unspecified atom stereocenters. The van der Waals surface area contributed by atoms with Crippen LogP contribution >= 0.6 is 0 Å². The lowest BCUT2D eigenvalue weighted by Crippen LogP contribution is -2.35. The number of hydrogen-bond acceptors (Lipinski definition) is 2. The molecule has 0 saturated heterocycles. The van der Waals surface area contributed by atoms with Gasteiger partial charge in [-0.25, -0.2) is 0 Å². The fourth-order valence-electron chi connectivity index (χ4n) is 4.54. The van der Waals surface area contributed by atoms with E-state index in [0.717, 1.165) is 0 Å². The third kappa shape index (κ3) is 3.78. The molecule has 0 radical (unpaired) electrons. The average molecular weight is 414 g/mol. The Labute approximate surface area is 187 Å². The van der Waals surface area contributed by atoms with Gasteiger partial charge < -0.3 is 14.4 Å². The Hall–Kier alpha value is -2.94. The van der Waals surface area contributed by atoms with Gasteiger partial charge in [-0.05, 0) is 71.7 Å². The minimum absolute atomic E-state index is 0.293. The molecule has 2 heterocycles. The fraction of sp³-hybridized carbons (Fsp3) is 0.357. The lowest BCUT2D eigenvalue weighted by Gasteiger charge is -2.31. The second-order valence-electron chi connectivity index (χ2n) is 9.37. The van der Waals surface area contributed by atoms with E-state index in [-0.39, 0.29) is 0 Å². The summed E-state index contributed by atoms with van der Waals surface area (Å²) in [5, 5.41) is 0. The van der Waals surface area contributed by atoms with Gasteiger partial charge in [0.1, 0.15) is 12.0 Å². The SMILES string of the molecule is Cc1ccn(-c2c(C(C)C)cc(-c3ccccc3)cc2C(C)C)c1N1C=CN(C)[C@@H]1C. The highest BCUT2D eigenvalue weighted by Gasteiger charge is 2.27. The molecule has 3 aromatic rings. The number of benzene rings is 2. The van der Waals surface area contributed by atoms with Crippen molar-refractivity contribution >= 4 is 5.82 Å². The van der Waals surface area contributed by atoms with Crippen molar-refractivity contribution in [3.63, 3.8) is 0 Å². The molecule has 0 saturated carbocycles. The molecule has 0 fully saturated rings. The number of rotatable bonds is 5. The number of hydrogen-bond donors (Lipinski definition) is 0. The number of anilines is 1. The van der Waals surface area contributed by atoms with E-state index in [1.807, 2.05) is 0 Å². The summed E-state index contributed by atoms with van der Waals surface area (Å²) in [6, 6.07) is 17.8. The van der Waals surface area contributed by atoms with Crippen molar-refractivity contribution in [2.24, 2.45) is 0 Å². The van der Waals surface area contributed by atoms with E-state index in [4.69, 9.17) is 0 Å². The van der Waals surface area contributed by atoms with E-state index >= 15 is 0 Å². The molecule has 3 nitrogen and oxygen atoms in total. The Morgan fingerprint density at radius 1 is 0.806 bits per heavy atom. The van der Waals surface area contributed by atoms with Crippen molar-refractivity contribution in [3.8, 4) is 16.8 Å². The number of aryl methyl sites for hydroxylation is 1. The van der Waals surface area contributed by atoms with Crippen molar-refractivity contribution in [1.82, 2.24) is 9.47 Å². The fourth-order valence-corrected chi connectivity index (χ4v) is 4.54. The summed E-state index contributed by atoms with van der Waals surface area (Å²) < 4.78 is 2.43. The zero-order valence-electron chi connectivity index (χ0n) is 19.9. The summed E-state index contributed by atoms with van der Waals surface area (Å²) in [5.41, 5.74) is 8.00. The van der Waals surface area contributed by atoms with Crippen molar-refractivity contribution < 1.29 is 0 Å². The molecule has 2 aromatic carbocycles. The quantitative estimate of drug-likeness (QED) is 0.436. The molecule has 0 spiro atoms. The second kappa shape index (κ2) is 8.30. The molecular formula is C28H35N3. The van der Waals surface area contributed by atoms with Gasteiger partial charge in [-0.3, -0.25) is 0 Å². The van der Waals surface area contributed by atoms with Crippen molar-refractivity contribution in [1.29, 1.82) is 0 Å². The first-order chi connectivity index (χ1) is 14.8. The monoisotopic (exact) mass is 413 g/mol. The molecule has 162 valence electrons. The van der Waals surface area contributed by atoms with Gasteiger partial charge in [0.05, 0.1) is 5.69 Å². The molecule has 1 aliphatic rings. The zero-order chi connectivity index (χ0) is 22.3. The average Bonchev–Trinajstić information content (AvgIpc) is 3.29. The summed E-state index contributed by atoms with van der Waals surface area (Å²) in [7, 11) is 2.14. The maximum absolute atomic E-state index is 2.43. The number of aromatic nitrogens is 1. The van der Waals surface area contributed by atoms with E-state index in [1.165, 1.54) is 39.3 Å². The normalized spacial score (nSPS) is 16.2. The van der Waals surface area contributed by atoms with Crippen LogP contribution in [0.15, 0.2) is 67.1 Å². The lowest BCUT2D eigenvalue weighted by atomic mass is 9.88. The second-order valence-corrected chi connectivity index (χ2v) is 9.37. The van der Waals surface area contributed by atoms with Gasteiger partial charge in [-0.15, -0.1) is 0 Å². The topological polar surface area (TPSA) is 11.4 Å². The van der Waals surface area contributed by atoms with Gasteiger partial charge in [-0.1, -0.05) is 58.0 Å². The molecule has 4 rings (SSSR count). The van der Waals surface area contributed by atoms with Crippen LogP contribution in [0.1, 0.15) is 63.1 Å². The van der Waals surface area contributed by atoms with Crippen LogP contribution in [-0.2, 0) is 0 Å². The Bertz CT molecular complexity index is 1060. The first kappa shape index (κ1) is 21.3. The zero-order valence-corrected chi connectivity index (χ0v) is 19.9. The molecular weight excluding hydrogens is 378 g/mol. The smallest absolute Gasteiger partial charge is 0.121 e. The van der Waals surface area contributed by atoms with Gasteiger partial charge in [-0.2, -0.15) is 0 Å². The molecule has 0 N–H and O–H groups in total. The third-order valence-corrected chi connectivity index (χ3v) is 6.51. The molecule has 0 aliphatic carbocycles. The number of nitrogens with zero attached hydrogens (tertiary/aromatic N) is 3. The van der Waals surface area contributed by atoms with Crippen molar-refractivity contribution in [3.05, 3.63) is 83.8 Å². The maximum atomic E-state index is 2.43. The van der Waals surface area contributed by atoms with Crippen molar-refractivity contribution in [2.75, 3.05) is 11.9 Å². The van der Waals surface area contributed by atoms with Gasteiger partial charge >= 0.3 is 0 Å². The predicted molar refractivity (Wildman–Crippen MR) is 133 cm³/mol. The van der Waals surface area contributed by atoms with E-state index < -0.39 is 0 Å². The summed E-state index contributed by atoms with van der Waals surface area (Å²) in [6.07, 6.45) is 6.90. The standard InChI is InChI=1S/C28H35N3/c1-19(2)25-17-24(23-11-9-8-10-12-23)18-26(20(3)4)27(25)31-14-13-21(5)28(31)30-16-15-29(7)22(30)6/h8-20,22H,1-7H3/t22-/m0/s1. The molecule has 3 heteroatoms. The highest BCUT2D eigenvalue weighted by molar-refractivity contribution is 5.71. The lowest BCUT2D eigenvalue weighted by molar-refractivity contribution is 0.381. The Morgan fingerprint density at radius 2 is 1.42 bits per heavy atom. The van der Waals surface area contributed by atoms with Crippen LogP contribution < -0.4 is 4.90 Å². The Morgan fingerprint density at radius 3 is 1.94 bits per heavy atom. The first-order valence-corrected chi connectivity index (χ1v) is 11.4. The van der Waals surface area contributed by atoms with Crippen LogP contribution in [0.4, 0.5) is 5.82 Å². The third-order valence-electron chi connectivity index (χ3n) is 6.51. The van der Waals surface area contributed by atoms with Crippen LogP contribution in [0.5, 0.6) is 0 Å². The molecule has 1 aliphatic heterocycles. The minimum Gasteiger partial charge on any atom is -0.359 e. The predicted octanol–water partition coefficient (Wildman–Crippen LogP) is 7.27. The maximum Gasteiger partial charge on any atom is 0.121 e. The largest absolute Gasteiger partial charge is 0.359 e. The van der Waals surface area contributed by atoms with Crippen LogP contribution in [0.2, 0.25) is 0 Å². The Balaban J connectivity index is 1.97. The molecule has 1 aromatic heterocycles. The molecule has 1 atom stereocenters. The van der Waals surface area contributed by atoms with E-state index in [9.17, 15) is 0 Å². The van der Waals surface area contributed by atoms with Crippen LogP contribution in [0, 0.1) is 6.92 Å². The van der Waals surface area contributed by atoms with Crippen molar-refractivity contribution in [2.45, 2.75) is 59.5 Å². The van der Waals surface area contributed by atoms with E-state index in [0.29, 0.717) is 18.0 Å².